The van der Waals surface area contributed by atoms with Crippen LogP contribution >= 0.6 is 0 Å². The first-order chi connectivity index (χ1) is 20.7. The van der Waals surface area contributed by atoms with Gasteiger partial charge in [0.1, 0.15) is 34.0 Å². The van der Waals surface area contributed by atoms with Crippen molar-refractivity contribution in [1.82, 2.24) is 14.8 Å². The fraction of sp³-hybridized carbons (Fsp3) is 0.400. The predicted octanol–water partition coefficient (Wildman–Crippen LogP) is 5.08. The quantitative estimate of drug-likeness (QED) is 0.190. The number of anilines is 1. The number of methoxy groups -OCH3 is 2. The van der Waals surface area contributed by atoms with Crippen molar-refractivity contribution < 1.29 is 36.9 Å². The molecule has 0 saturated heterocycles. The molecule has 0 aliphatic heterocycles. The van der Waals surface area contributed by atoms with E-state index in [4.69, 9.17) is 13.9 Å². The lowest BCUT2D eigenvalue weighted by Crippen LogP contribution is -2.44. The molecule has 2 heterocycles. The molecule has 4 rings (SSSR count). The minimum absolute atomic E-state index is 0.0399. The van der Waals surface area contributed by atoms with Gasteiger partial charge in [0, 0.05) is 14.6 Å². The zero-order valence-electron chi connectivity index (χ0n) is 25.9. The first kappa shape index (κ1) is 33.2. The zero-order chi connectivity index (χ0) is 32.4. The van der Waals surface area contributed by atoms with Crippen molar-refractivity contribution in [2.24, 2.45) is 0 Å². The van der Waals surface area contributed by atoms with Crippen LogP contribution in [0.3, 0.4) is 0 Å². The highest BCUT2D eigenvalue weighted by atomic mass is 32.2. The Morgan fingerprint density at radius 2 is 1.73 bits per heavy atom. The van der Waals surface area contributed by atoms with Crippen molar-refractivity contribution >= 4 is 24.0 Å². The summed E-state index contributed by atoms with van der Waals surface area (Å²) in [6.45, 7) is 8.96. The fourth-order valence-corrected chi connectivity index (χ4v) is 7.43. The number of benzene rings is 2. The SMILES string of the molecule is COc1cccc(OC)c1-n1c(-c2ccc(C)o2)nnc1N(CC[Si](C)(C)C)S(=O)(=O)[C@H](C)[C@H](O)c1ccc(F)cc1CO. The van der Waals surface area contributed by atoms with Gasteiger partial charge in [-0.3, -0.25) is 4.57 Å². The molecule has 4 aromatic rings. The van der Waals surface area contributed by atoms with Gasteiger partial charge in [-0.2, -0.15) is 0 Å². The first-order valence-corrected chi connectivity index (χ1v) is 19.3. The van der Waals surface area contributed by atoms with E-state index in [-0.39, 0.29) is 29.4 Å². The minimum atomic E-state index is -4.40. The maximum atomic E-state index is 14.5. The molecule has 238 valence electrons. The predicted molar refractivity (Wildman–Crippen MR) is 168 cm³/mol. The van der Waals surface area contributed by atoms with Gasteiger partial charge in [0.05, 0.1) is 26.9 Å². The van der Waals surface area contributed by atoms with Gasteiger partial charge in [-0.05, 0) is 67.4 Å². The Balaban J connectivity index is 1.97. The number of halogens is 1. The molecule has 0 spiro atoms. The summed E-state index contributed by atoms with van der Waals surface area (Å²) in [5, 5.41) is 28.5. The number of ether oxygens (including phenoxy) is 2. The Morgan fingerprint density at radius 3 is 2.27 bits per heavy atom. The third-order valence-electron chi connectivity index (χ3n) is 7.34. The van der Waals surface area contributed by atoms with E-state index in [0.29, 0.717) is 34.8 Å². The minimum Gasteiger partial charge on any atom is -0.494 e. The summed E-state index contributed by atoms with van der Waals surface area (Å²) < 4.78 is 62.9. The molecule has 0 fully saturated rings. The topological polar surface area (TPSA) is 140 Å². The fourth-order valence-electron chi connectivity index (χ4n) is 4.80. The highest BCUT2D eigenvalue weighted by molar-refractivity contribution is 7.93. The van der Waals surface area contributed by atoms with Gasteiger partial charge in [-0.1, -0.05) is 31.8 Å². The van der Waals surface area contributed by atoms with Crippen LogP contribution < -0.4 is 13.8 Å². The monoisotopic (exact) mass is 646 g/mol. The summed E-state index contributed by atoms with van der Waals surface area (Å²) >= 11 is 0. The second-order valence-electron chi connectivity index (χ2n) is 11.7. The van der Waals surface area contributed by atoms with Crippen LogP contribution in [0.2, 0.25) is 25.7 Å². The van der Waals surface area contributed by atoms with Crippen LogP contribution in [0.5, 0.6) is 11.5 Å². The zero-order valence-corrected chi connectivity index (χ0v) is 27.7. The summed E-state index contributed by atoms with van der Waals surface area (Å²) in [5.41, 5.74) is 0.546. The summed E-state index contributed by atoms with van der Waals surface area (Å²) in [5.74, 6) is 1.21. The highest BCUT2D eigenvalue weighted by Crippen LogP contribution is 2.40. The largest absolute Gasteiger partial charge is 0.494 e. The van der Waals surface area contributed by atoms with Crippen molar-refractivity contribution in [3.8, 4) is 28.8 Å². The van der Waals surface area contributed by atoms with Crippen LogP contribution in [-0.4, -0.2) is 67.5 Å². The maximum absolute atomic E-state index is 14.5. The molecule has 2 atom stereocenters. The number of para-hydroxylation sites is 1. The van der Waals surface area contributed by atoms with E-state index in [2.05, 4.69) is 29.8 Å². The summed E-state index contributed by atoms with van der Waals surface area (Å²) in [6, 6.07) is 12.6. The molecule has 0 bridgehead atoms. The number of sulfonamides is 1. The van der Waals surface area contributed by atoms with Gasteiger partial charge in [-0.15, -0.1) is 10.2 Å². The van der Waals surface area contributed by atoms with Crippen LogP contribution in [-0.2, 0) is 16.6 Å². The Hall–Kier alpha value is -3.72. The Morgan fingerprint density at radius 1 is 1.07 bits per heavy atom. The van der Waals surface area contributed by atoms with Crippen LogP contribution in [0.25, 0.3) is 17.3 Å². The standard InChI is InChI=1S/C30H39FN4O7SSi/c1-19-11-14-26(42-19)29-32-33-30(35(29)27-24(40-3)9-8-10-25(27)41-4)34(15-16-44(5,6)7)43(38,39)20(2)28(37)23-13-12-22(31)17-21(23)18-36/h8-14,17,20,28,36-37H,15-16,18H2,1-7H3/t20-,28+/m1/s1. The van der Waals surface area contributed by atoms with Gasteiger partial charge in [-0.25, -0.2) is 17.1 Å². The van der Waals surface area contributed by atoms with Gasteiger partial charge in [0.15, 0.2) is 5.76 Å². The molecule has 2 N–H and O–H groups in total. The molecule has 44 heavy (non-hydrogen) atoms. The van der Waals surface area contributed by atoms with E-state index in [1.165, 1.54) is 31.8 Å². The number of aryl methyl sites for hydroxylation is 1. The van der Waals surface area contributed by atoms with E-state index >= 15 is 0 Å². The Labute approximate surface area is 257 Å². The third kappa shape index (κ3) is 6.67. The van der Waals surface area contributed by atoms with E-state index in [1.54, 1.807) is 37.3 Å². The van der Waals surface area contributed by atoms with E-state index in [9.17, 15) is 23.0 Å². The van der Waals surface area contributed by atoms with Gasteiger partial charge in [0.2, 0.25) is 21.8 Å². The Kier molecular flexibility index (Phi) is 9.88. The summed E-state index contributed by atoms with van der Waals surface area (Å²) in [7, 11) is -3.26. The summed E-state index contributed by atoms with van der Waals surface area (Å²) in [4.78, 5) is 0. The lowest BCUT2D eigenvalue weighted by atomic mass is 10.0. The first-order valence-electron chi connectivity index (χ1n) is 14.1. The summed E-state index contributed by atoms with van der Waals surface area (Å²) in [6.07, 6.45) is -1.60. The molecule has 0 unspecified atom stereocenters. The molecule has 0 aliphatic carbocycles. The lowest BCUT2D eigenvalue weighted by molar-refractivity contribution is 0.171. The number of aromatic nitrogens is 3. The number of nitrogens with zero attached hydrogens (tertiary/aromatic N) is 4. The molecular formula is C30H39FN4O7SSi. The average Bonchev–Trinajstić information content (AvgIpc) is 3.61. The van der Waals surface area contributed by atoms with E-state index in [0.717, 1.165) is 16.4 Å². The lowest BCUT2D eigenvalue weighted by Gasteiger charge is -2.31. The number of rotatable bonds is 13. The maximum Gasteiger partial charge on any atom is 0.246 e. The number of hydrogen-bond acceptors (Lipinski definition) is 9. The number of furan rings is 1. The van der Waals surface area contributed by atoms with Crippen LogP contribution in [0.4, 0.5) is 10.3 Å². The van der Waals surface area contributed by atoms with Crippen LogP contribution in [0, 0.1) is 12.7 Å². The van der Waals surface area contributed by atoms with Crippen LogP contribution in [0.1, 0.15) is 29.9 Å². The Bertz CT molecular complexity index is 1700. The molecule has 0 radical (unpaired) electrons. The second kappa shape index (κ2) is 13.1. The molecule has 0 aliphatic rings. The van der Waals surface area contributed by atoms with Crippen LogP contribution in [0.15, 0.2) is 52.9 Å². The van der Waals surface area contributed by atoms with Crippen molar-refractivity contribution in [2.45, 2.75) is 57.5 Å². The smallest absolute Gasteiger partial charge is 0.246 e. The molecule has 2 aromatic heterocycles. The molecule has 14 heteroatoms. The molecule has 0 saturated carbocycles. The normalized spacial score (nSPS) is 13.5. The number of aliphatic hydroxyl groups is 2. The highest BCUT2D eigenvalue weighted by Gasteiger charge is 2.40. The third-order valence-corrected chi connectivity index (χ3v) is 11.2. The molecule has 0 amide bonds. The van der Waals surface area contributed by atoms with Gasteiger partial charge in [0.25, 0.3) is 0 Å². The van der Waals surface area contributed by atoms with Crippen molar-refractivity contribution in [3.63, 3.8) is 0 Å². The average molecular weight is 647 g/mol. The van der Waals surface area contributed by atoms with E-state index in [1.807, 2.05) is 0 Å². The van der Waals surface area contributed by atoms with Crippen molar-refractivity contribution in [1.29, 1.82) is 0 Å². The number of hydrogen-bond donors (Lipinski definition) is 2. The second-order valence-corrected chi connectivity index (χ2v) is 19.5. The van der Waals surface area contributed by atoms with E-state index < -0.39 is 41.9 Å². The van der Waals surface area contributed by atoms with Gasteiger partial charge < -0.3 is 24.1 Å². The number of aliphatic hydroxyl groups excluding tert-OH is 2. The molecule has 2 aromatic carbocycles. The molecular weight excluding hydrogens is 608 g/mol. The van der Waals surface area contributed by atoms with Crippen molar-refractivity contribution in [3.05, 3.63) is 71.2 Å². The van der Waals surface area contributed by atoms with Crippen molar-refractivity contribution in [2.75, 3.05) is 25.1 Å². The van der Waals surface area contributed by atoms with Gasteiger partial charge >= 0.3 is 0 Å². The molecule has 11 nitrogen and oxygen atoms in total.